The first kappa shape index (κ1) is 11.8. The van der Waals surface area contributed by atoms with Crippen molar-refractivity contribution >= 4 is 27.4 Å². The van der Waals surface area contributed by atoms with Crippen LogP contribution in [-0.2, 0) is 6.54 Å². The van der Waals surface area contributed by atoms with Gasteiger partial charge in [0.05, 0.1) is 15.8 Å². The van der Waals surface area contributed by atoms with Crippen LogP contribution in [0.5, 0.6) is 5.75 Å². The van der Waals surface area contributed by atoms with Gasteiger partial charge >= 0.3 is 0 Å². The first-order chi connectivity index (χ1) is 9.20. The fourth-order valence-electron chi connectivity index (χ4n) is 2.04. The van der Waals surface area contributed by atoms with Crippen LogP contribution in [-0.4, -0.2) is 14.7 Å². The lowest BCUT2D eigenvalue weighted by molar-refractivity contribution is 0.476. The van der Waals surface area contributed by atoms with Gasteiger partial charge in [-0.1, -0.05) is 18.2 Å². The van der Waals surface area contributed by atoms with Gasteiger partial charge in [-0.3, -0.25) is 0 Å². The van der Waals surface area contributed by atoms with Crippen molar-refractivity contribution < 1.29 is 5.11 Å². The number of rotatable bonds is 3. The number of nitrogens with two attached hydrogens (primary N) is 1. The lowest BCUT2D eigenvalue weighted by atomic mass is 10.3. The SMILES string of the molecule is C=CCn1cc(O)c(-c2nc3ccccc3s2)c1N. The van der Waals surface area contributed by atoms with E-state index in [-0.39, 0.29) is 5.75 Å². The van der Waals surface area contributed by atoms with Crippen molar-refractivity contribution in [2.24, 2.45) is 0 Å². The Kier molecular flexibility index (Phi) is 2.76. The summed E-state index contributed by atoms with van der Waals surface area (Å²) in [5.74, 6) is 0.662. The van der Waals surface area contributed by atoms with Crippen LogP contribution >= 0.6 is 11.3 Å². The zero-order valence-corrected chi connectivity index (χ0v) is 11.0. The molecule has 3 N–H and O–H groups in total. The summed E-state index contributed by atoms with van der Waals surface area (Å²) in [7, 11) is 0. The Balaban J connectivity index is 2.18. The number of aromatic nitrogens is 2. The second-order valence-corrected chi connectivity index (χ2v) is 5.23. The molecule has 0 spiro atoms. The number of hydrogen-bond acceptors (Lipinski definition) is 4. The number of nitrogens with zero attached hydrogens (tertiary/aromatic N) is 2. The maximum absolute atomic E-state index is 10.0. The van der Waals surface area contributed by atoms with E-state index in [1.165, 1.54) is 11.3 Å². The summed E-state index contributed by atoms with van der Waals surface area (Å²) in [6.07, 6.45) is 3.34. The third-order valence-electron chi connectivity index (χ3n) is 2.93. The number of fused-ring (bicyclic) bond motifs is 1. The Morgan fingerprint density at radius 1 is 1.42 bits per heavy atom. The van der Waals surface area contributed by atoms with Crippen molar-refractivity contribution in [1.29, 1.82) is 0 Å². The maximum atomic E-state index is 10.0. The molecule has 4 nitrogen and oxygen atoms in total. The van der Waals surface area contributed by atoms with Gasteiger partial charge in [0, 0.05) is 12.7 Å². The molecular formula is C14H13N3OS. The second kappa shape index (κ2) is 4.44. The number of hydrogen-bond donors (Lipinski definition) is 2. The fraction of sp³-hybridized carbons (Fsp3) is 0.0714. The smallest absolute Gasteiger partial charge is 0.145 e. The first-order valence-electron chi connectivity index (χ1n) is 5.85. The fourth-order valence-corrected chi connectivity index (χ4v) is 3.07. The largest absolute Gasteiger partial charge is 0.506 e. The highest BCUT2D eigenvalue weighted by atomic mass is 32.1. The molecule has 5 heteroatoms. The minimum Gasteiger partial charge on any atom is -0.506 e. The van der Waals surface area contributed by atoms with E-state index in [1.54, 1.807) is 16.8 Å². The van der Waals surface area contributed by atoms with E-state index in [4.69, 9.17) is 5.73 Å². The highest BCUT2D eigenvalue weighted by Gasteiger charge is 2.17. The van der Waals surface area contributed by atoms with Crippen LogP contribution in [0.1, 0.15) is 0 Å². The zero-order valence-electron chi connectivity index (χ0n) is 10.2. The van der Waals surface area contributed by atoms with E-state index < -0.39 is 0 Å². The monoisotopic (exact) mass is 271 g/mol. The number of nitrogen functional groups attached to an aromatic ring is 1. The van der Waals surface area contributed by atoms with Gasteiger partial charge < -0.3 is 15.4 Å². The molecular weight excluding hydrogens is 258 g/mol. The summed E-state index contributed by atoms with van der Waals surface area (Å²) in [5.41, 5.74) is 7.58. The molecule has 1 aromatic carbocycles. The Hall–Kier alpha value is -2.27. The van der Waals surface area contributed by atoms with Gasteiger partial charge in [-0.05, 0) is 12.1 Å². The molecule has 2 aromatic heterocycles. The molecule has 0 aliphatic rings. The van der Waals surface area contributed by atoms with E-state index in [0.717, 1.165) is 15.2 Å². The van der Waals surface area contributed by atoms with Crippen molar-refractivity contribution in [3.63, 3.8) is 0 Å². The van der Waals surface area contributed by atoms with Crippen molar-refractivity contribution in [2.45, 2.75) is 6.54 Å². The Bertz CT molecular complexity index is 724. The quantitative estimate of drug-likeness (QED) is 0.719. The standard InChI is InChI=1S/C14H13N3OS/c1-2-7-17-8-10(18)12(13(17)15)14-16-9-5-3-4-6-11(9)19-14/h2-6,8,18H,1,7,15H2. The maximum Gasteiger partial charge on any atom is 0.145 e. The molecule has 96 valence electrons. The Labute approximate surface area is 114 Å². The lowest BCUT2D eigenvalue weighted by Gasteiger charge is -2.01. The molecule has 0 fully saturated rings. The number of anilines is 1. The number of allylic oxidation sites excluding steroid dienone is 1. The molecule has 0 saturated carbocycles. The number of thiazole rings is 1. The predicted molar refractivity (Wildman–Crippen MR) is 79.3 cm³/mol. The highest BCUT2D eigenvalue weighted by molar-refractivity contribution is 7.21. The molecule has 0 radical (unpaired) electrons. The zero-order chi connectivity index (χ0) is 13.4. The van der Waals surface area contributed by atoms with E-state index in [1.807, 2.05) is 24.3 Å². The summed E-state index contributed by atoms with van der Waals surface area (Å²) >= 11 is 1.52. The predicted octanol–water partition coefficient (Wildman–Crippen LogP) is 3.24. The molecule has 0 unspecified atom stereocenters. The van der Waals surface area contributed by atoms with Crippen molar-refractivity contribution in [1.82, 2.24) is 9.55 Å². The molecule has 0 saturated heterocycles. The average Bonchev–Trinajstić information content (AvgIpc) is 2.91. The van der Waals surface area contributed by atoms with Crippen LogP contribution in [0, 0.1) is 0 Å². The first-order valence-corrected chi connectivity index (χ1v) is 6.66. The van der Waals surface area contributed by atoms with Crippen LogP contribution in [0.25, 0.3) is 20.8 Å². The Morgan fingerprint density at radius 2 is 2.21 bits per heavy atom. The van der Waals surface area contributed by atoms with Gasteiger partial charge in [-0.15, -0.1) is 17.9 Å². The number of para-hydroxylation sites is 1. The van der Waals surface area contributed by atoms with Crippen LogP contribution < -0.4 is 5.73 Å². The van der Waals surface area contributed by atoms with E-state index >= 15 is 0 Å². The third-order valence-corrected chi connectivity index (χ3v) is 3.99. The molecule has 3 aromatic rings. The topological polar surface area (TPSA) is 64.1 Å². The van der Waals surface area contributed by atoms with Gasteiger partial charge in [0.2, 0.25) is 0 Å². The van der Waals surface area contributed by atoms with Crippen LogP contribution in [0.2, 0.25) is 0 Å². The molecule has 2 heterocycles. The van der Waals surface area contributed by atoms with Gasteiger partial charge in [-0.25, -0.2) is 4.98 Å². The number of aromatic hydroxyl groups is 1. The normalized spacial score (nSPS) is 10.9. The molecule has 19 heavy (non-hydrogen) atoms. The second-order valence-electron chi connectivity index (χ2n) is 4.20. The van der Waals surface area contributed by atoms with Crippen LogP contribution in [0.4, 0.5) is 5.82 Å². The van der Waals surface area contributed by atoms with E-state index in [9.17, 15) is 5.11 Å². The third kappa shape index (κ3) is 1.88. The summed E-state index contributed by atoms with van der Waals surface area (Å²) in [4.78, 5) is 4.52. The Morgan fingerprint density at radius 3 is 2.95 bits per heavy atom. The van der Waals surface area contributed by atoms with Gasteiger partial charge in [0.25, 0.3) is 0 Å². The molecule has 3 rings (SSSR count). The van der Waals surface area contributed by atoms with Gasteiger partial charge in [0.1, 0.15) is 16.6 Å². The highest BCUT2D eigenvalue weighted by Crippen LogP contribution is 2.40. The summed E-state index contributed by atoms with van der Waals surface area (Å²) in [5, 5.41) is 10.8. The van der Waals surface area contributed by atoms with Crippen molar-refractivity contribution in [3.05, 3.63) is 43.1 Å². The van der Waals surface area contributed by atoms with Gasteiger partial charge in [0.15, 0.2) is 0 Å². The van der Waals surface area contributed by atoms with Crippen molar-refractivity contribution in [2.75, 3.05) is 5.73 Å². The van der Waals surface area contributed by atoms with Crippen LogP contribution in [0.15, 0.2) is 43.1 Å². The summed E-state index contributed by atoms with van der Waals surface area (Å²) in [6, 6.07) is 7.86. The van der Waals surface area contributed by atoms with E-state index in [0.29, 0.717) is 17.9 Å². The molecule has 0 atom stereocenters. The average molecular weight is 271 g/mol. The summed E-state index contributed by atoms with van der Waals surface area (Å²) < 4.78 is 2.83. The van der Waals surface area contributed by atoms with Gasteiger partial charge in [-0.2, -0.15) is 0 Å². The molecule has 0 aliphatic heterocycles. The van der Waals surface area contributed by atoms with E-state index in [2.05, 4.69) is 11.6 Å². The van der Waals surface area contributed by atoms with Crippen LogP contribution in [0.3, 0.4) is 0 Å². The minimum absolute atomic E-state index is 0.151. The lowest BCUT2D eigenvalue weighted by Crippen LogP contribution is -2.00. The van der Waals surface area contributed by atoms with Crippen molar-refractivity contribution in [3.8, 4) is 16.3 Å². The minimum atomic E-state index is 0.151. The molecule has 0 aliphatic carbocycles. The molecule has 0 amide bonds. The summed E-state index contributed by atoms with van der Waals surface area (Å²) in [6.45, 7) is 4.23. The number of benzene rings is 1. The molecule has 0 bridgehead atoms.